The minimum absolute atomic E-state index is 0.163. The van der Waals surface area contributed by atoms with Gasteiger partial charge in [0.25, 0.3) is 11.8 Å². The molecule has 4 rings (SSSR count). The first-order valence-corrected chi connectivity index (χ1v) is 10.1. The van der Waals surface area contributed by atoms with E-state index in [1.807, 2.05) is 36.4 Å². The normalized spacial score (nSPS) is 11.1. The highest BCUT2D eigenvalue weighted by Crippen LogP contribution is 2.26. The average molecular weight is 416 g/mol. The molecule has 7 heteroatoms. The number of para-hydroxylation sites is 1. The van der Waals surface area contributed by atoms with Crippen molar-refractivity contribution in [2.45, 2.75) is 26.9 Å². The van der Waals surface area contributed by atoms with Crippen molar-refractivity contribution in [3.8, 4) is 11.3 Å². The summed E-state index contributed by atoms with van der Waals surface area (Å²) >= 11 is 0. The van der Waals surface area contributed by atoms with Crippen LogP contribution >= 0.6 is 0 Å². The number of ether oxygens (including phenoxy) is 1. The topological polar surface area (TPSA) is 90.1 Å². The highest BCUT2D eigenvalue weighted by atomic mass is 16.5. The predicted octanol–water partition coefficient (Wildman–Crippen LogP) is 4.02. The number of fused-ring (bicyclic) bond motifs is 1. The van der Waals surface area contributed by atoms with E-state index in [1.54, 1.807) is 7.11 Å². The second-order valence-electron chi connectivity index (χ2n) is 7.41. The summed E-state index contributed by atoms with van der Waals surface area (Å²) in [4.78, 5) is 22.0. The van der Waals surface area contributed by atoms with E-state index < -0.39 is 0 Å². The van der Waals surface area contributed by atoms with E-state index in [9.17, 15) is 4.79 Å². The van der Waals surface area contributed by atoms with Gasteiger partial charge >= 0.3 is 0 Å². The van der Waals surface area contributed by atoms with E-state index in [4.69, 9.17) is 14.2 Å². The van der Waals surface area contributed by atoms with E-state index in [2.05, 4.69) is 41.4 Å². The number of pyridine rings is 1. The minimum atomic E-state index is -0.163. The van der Waals surface area contributed by atoms with Gasteiger partial charge in [0, 0.05) is 31.0 Å². The monoisotopic (exact) mass is 416 g/mol. The molecule has 0 radical (unpaired) electrons. The molecule has 0 saturated heterocycles. The number of hydrogen-bond acceptors (Lipinski definition) is 6. The number of carbonyl (C=O) groups excluding carboxylic acids is 1. The number of carbonyl (C=O) groups is 1. The van der Waals surface area contributed by atoms with Crippen LogP contribution in [0.2, 0.25) is 0 Å². The molecule has 7 nitrogen and oxygen atoms in total. The van der Waals surface area contributed by atoms with Gasteiger partial charge in [-0.25, -0.2) is 4.98 Å². The van der Waals surface area contributed by atoms with Gasteiger partial charge < -0.3 is 14.6 Å². The van der Waals surface area contributed by atoms with Gasteiger partial charge in [0.05, 0.1) is 16.8 Å². The van der Waals surface area contributed by atoms with Crippen molar-refractivity contribution >= 4 is 16.8 Å². The maximum Gasteiger partial charge on any atom is 0.252 e. The Kier molecular flexibility index (Phi) is 6.04. The number of hydrogen-bond donors (Lipinski definition) is 1. The van der Waals surface area contributed by atoms with Crippen molar-refractivity contribution in [2.24, 2.45) is 0 Å². The maximum absolute atomic E-state index is 13.0. The van der Waals surface area contributed by atoms with Crippen LogP contribution in [-0.2, 0) is 17.8 Å². The van der Waals surface area contributed by atoms with Crippen molar-refractivity contribution in [1.29, 1.82) is 0 Å². The van der Waals surface area contributed by atoms with Gasteiger partial charge in [0.1, 0.15) is 6.61 Å². The first kappa shape index (κ1) is 20.7. The molecule has 0 spiro atoms. The number of aryl methyl sites for hydroxylation is 2. The van der Waals surface area contributed by atoms with Crippen LogP contribution < -0.4 is 5.32 Å². The van der Waals surface area contributed by atoms with Crippen molar-refractivity contribution in [1.82, 2.24) is 20.4 Å². The molecule has 0 unspecified atom stereocenters. The van der Waals surface area contributed by atoms with E-state index in [1.165, 1.54) is 11.1 Å². The molecule has 1 amide bonds. The van der Waals surface area contributed by atoms with Gasteiger partial charge in [0.15, 0.2) is 5.82 Å². The first-order valence-electron chi connectivity index (χ1n) is 10.1. The summed E-state index contributed by atoms with van der Waals surface area (Å²) in [7, 11) is 1.56. The average Bonchev–Trinajstić information content (AvgIpc) is 3.22. The number of methoxy groups -OCH3 is 1. The van der Waals surface area contributed by atoms with Gasteiger partial charge in [-0.1, -0.05) is 35.5 Å². The molecule has 31 heavy (non-hydrogen) atoms. The lowest BCUT2D eigenvalue weighted by Gasteiger charge is -2.11. The highest BCUT2D eigenvalue weighted by Gasteiger charge is 2.15. The summed E-state index contributed by atoms with van der Waals surface area (Å²) in [6, 6.07) is 15.7. The maximum atomic E-state index is 13.0. The Morgan fingerprint density at radius 1 is 1.06 bits per heavy atom. The van der Waals surface area contributed by atoms with Crippen LogP contribution in [0.3, 0.4) is 0 Å². The lowest BCUT2D eigenvalue weighted by Crippen LogP contribution is -2.26. The zero-order valence-corrected chi connectivity index (χ0v) is 17.8. The molecule has 0 saturated carbocycles. The molecule has 0 aliphatic rings. The molecular formula is C24H24N4O3. The van der Waals surface area contributed by atoms with Gasteiger partial charge in [-0.3, -0.25) is 4.79 Å². The Bertz CT molecular complexity index is 1230. The van der Waals surface area contributed by atoms with E-state index in [0.29, 0.717) is 30.2 Å². The fraction of sp³-hybridized carbons (Fsp3) is 0.250. The van der Waals surface area contributed by atoms with Crippen LogP contribution in [0.4, 0.5) is 0 Å². The summed E-state index contributed by atoms with van der Waals surface area (Å²) < 4.78 is 10.1. The van der Waals surface area contributed by atoms with Crippen molar-refractivity contribution < 1.29 is 14.1 Å². The molecule has 0 fully saturated rings. The highest BCUT2D eigenvalue weighted by molar-refractivity contribution is 6.07. The third-order valence-electron chi connectivity index (χ3n) is 5.18. The smallest absolute Gasteiger partial charge is 0.252 e. The van der Waals surface area contributed by atoms with Gasteiger partial charge in [0.2, 0.25) is 0 Å². The molecule has 0 atom stereocenters. The van der Waals surface area contributed by atoms with E-state index in [0.717, 1.165) is 22.2 Å². The number of nitrogens with one attached hydrogen (secondary N) is 1. The number of amides is 1. The van der Waals surface area contributed by atoms with E-state index in [-0.39, 0.29) is 12.5 Å². The predicted molar refractivity (Wildman–Crippen MR) is 118 cm³/mol. The molecule has 2 aromatic carbocycles. The second-order valence-corrected chi connectivity index (χ2v) is 7.41. The Morgan fingerprint density at radius 3 is 2.71 bits per heavy atom. The van der Waals surface area contributed by atoms with Gasteiger partial charge in [-0.05, 0) is 43.2 Å². The van der Waals surface area contributed by atoms with Crippen molar-refractivity contribution in [2.75, 3.05) is 13.7 Å². The SMILES string of the molecule is COCc1nc(CCNC(=O)c2cc(-c3ccc(C)c(C)c3)nc3ccccc23)no1. The molecule has 2 aromatic heterocycles. The van der Waals surface area contributed by atoms with E-state index >= 15 is 0 Å². The molecular weight excluding hydrogens is 392 g/mol. The summed E-state index contributed by atoms with van der Waals surface area (Å²) in [5, 5.41) is 7.67. The van der Waals surface area contributed by atoms with Gasteiger partial charge in [-0.2, -0.15) is 4.98 Å². The molecule has 0 aliphatic heterocycles. The van der Waals surface area contributed by atoms with Gasteiger partial charge in [-0.15, -0.1) is 0 Å². The minimum Gasteiger partial charge on any atom is -0.375 e. The zero-order chi connectivity index (χ0) is 21.8. The second kappa shape index (κ2) is 9.06. The summed E-state index contributed by atoms with van der Waals surface area (Å²) in [6.45, 7) is 4.81. The first-order chi connectivity index (χ1) is 15.0. The third kappa shape index (κ3) is 4.62. The van der Waals surface area contributed by atoms with Crippen LogP contribution in [-0.4, -0.2) is 34.7 Å². The lowest BCUT2D eigenvalue weighted by atomic mass is 10.0. The lowest BCUT2D eigenvalue weighted by molar-refractivity contribution is 0.0955. The van der Waals surface area contributed by atoms with Crippen LogP contribution in [0.15, 0.2) is 53.1 Å². The fourth-order valence-corrected chi connectivity index (χ4v) is 3.37. The van der Waals surface area contributed by atoms with Crippen molar-refractivity contribution in [3.05, 3.63) is 76.9 Å². The zero-order valence-electron chi connectivity index (χ0n) is 17.8. The largest absolute Gasteiger partial charge is 0.375 e. The number of benzene rings is 2. The molecule has 2 heterocycles. The van der Waals surface area contributed by atoms with Crippen LogP contribution in [0, 0.1) is 13.8 Å². The quantitative estimate of drug-likeness (QED) is 0.489. The Labute approximate surface area is 180 Å². The third-order valence-corrected chi connectivity index (χ3v) is 5.18. The summed E-state index contributed by atoms with van der Waals surface area (Å²) in [5.74, 6) is 0.786. The number of aromatic nitrogens is 3. The molecule has 4 aromatic rings. The standard InChI is InChI=1S/C24H24N4O3/c1-15-8-9-17(12-16(15)2)21-13-19(18-6-4-5-7-20(18)26-21)24(29)25-11-10-22-27-23(14-30-3)31-28-22/h4-9,12-13H,10-11,14H2,1-3H3,(H,25,29). The summed E-state index contributed by atoms with van der Waals surface area (Å²) in [6.07, 6.45) is 0.464. The Hall–Kier alpha value is -3.58. The Balaban J connectivity index is 1.57. The molecule has 1 N–H and O–H groups in total. The van der Waals surface area contributed by atoms with Crippen LogP contribution in [0.25, 0.3) is 22.2 Å². The van der Waals surface area contributed by atoms with Crippen LogP contribution in [0.1, 0.15) is 33.2 Å². The fourth-order valence-electron chi connectivity index (χ4n) is 3.37. The summed E-state index contributed by atoms with van der Waals surface area (Å²) in [5.41, 5.74) is 5.54. The number of rotatable bonds is 7. The molecule has 158 valence electrons. The Morgan fingerprint density at radius 2 is 1.90 bits per heavy atom. The van der Waals surface area contributed by atoms with Crippen LogP contribution in [0.5, 0.6) is 0 Å². The number of nitrogens with zero attached hydrogens (tertiary/aromatic N) is 3. The van der Waals surface area contributed by atoms with Crippen molar-refractivity contribution in [3.63, 3.8) is 0 Å². The molecule has 0 bridgehead atoms. The molecule has 0 aliphatic carbocycles.